The van der Waals surface area contributed by atoms with Crippen LogP contribution in [0.1, 0.15) is 22.8 Å². The molecule has 4 rings (SSSR count). The highest BCUT2D eigenvalue weighted by atomic mass is 16.1. The van der Waals surface area contributed by atoms with Crippen molar-refractivity contribution >= 4 is 5.91 Å². The van der Waals surface area contributed by atoms with Gasteiger partial charge in [-0.15, -0.1) is 0 Å². The molecule has 0 fully saturated rings. The van der Waals surface area contributed by atoms with Crippen LogP contribution in [0.25, 0.3) is 33.6 Å². The molecule has 0 atom stereocenters. The summed E-state index contributed by atoms with van der Waals surface area (Å²) in [5, 5.41) is 0. The molecule has 138 valence electrons. The Morgan fingerprint density at radius 1 is 0.679 bits per heavy atom. The van der Waals surface area contributed by atoms with Crippen LogP contribution >= 0.6 is 0 Å². The van der Waals surface area contributed by atoms with Crippen molar-refractivity contribution in [2.75, 3.05) is 0 Å². The van der Waals surface area contributed by atoms with Gasteiger partial charge >= 0.3 is 0 Å². The molecule has 0 aliphatic carbocycles. The molecule has 0 aliphatic rings. The van der Waals surface area contributed by atoms with E-state index in [1.54, 1.807) is 6.92 Å². The molecule has 0 bridgehead atoms. The van der Waals surface area contributed by atoms with Crippen molar-refractivity contribution in [3.05, 3.63) is 96.1 Å². The monoisotopic (exact) mass is 365 g/mol. The minimum absolute atomic E-state index is 0.00858. The summed E-state index contributed by atoms with van der Waals surface area (Å²) in [6, 6.07) is 28.9. The van der Waals surface area contributed by atoms with Gasteiger partial charge in [-0.05, 0) is 53.8 Å². The molecule has 0 N–H and O–H groups in total. The van der Waals surface area contributed by atoms with Gasteiger partial charge in [0.2, 0.25) is 5.91 Å². The van der Waals surface area contributed by atoms with Gasteiger partial charge < -0.3 is 0 Å². The first-order valence-electron chi connectivity index (χ1n) is 9.51. The summed E-state index contributed by atoms with van der Waals surface area (Å²) in [7, 11) is 0. The van der Waals surface area contributed by atoms with E-state index in [1.165, 1.54) is 11.1 Å². The highest BCUT2D eigenvalue weighted by Crippen LogP contribution is 2.39. The van der Waals surface area contributed by atoms with Crippen molar-refractivity contribution in [2.45, 2.75) is 20.8 Å². The zero-order valence-electron chi connectivity index (χ0n) is 16.4. The molecule has 3 aromatic carbocycles. The number of rotatable bonds is 3. The summed E-state index contributed by atoms with van der Waals surface area (Å²) in [4.78, 5) is 12.8. The molecule has 1 aromatic heterocycles. The smallest absolute Gasteiger partial charge is 0.228 e. The Bertz CT molecular complexity index is 1140. The van der Waals surface area contributed by atoms with Crippen molar-refractivity contribution in [1.29, 1.82) is 0 Å². The summed E-state index contributed by atoms with van der Waals surface area (Å²) in [6.45, 7) is 5.84. The predicted octanol–water partition coefficient (Wildman–Crippen LogP) is 6.77. The highest BCUT2D eigenvalue weighted by Gasteiger charge is 2.21. The molecule has 0 radical (unpaired) electrons. The van der Waals surface area contributed by atoms with Crippen molar-refractivity contribution < 1.29 is 4.79 Å². The molecule has 2 heteroatoms. The average molecular weight is 365 g/mol. The number of carbonyl (C=O) groups excluding carboxylic acids is 1. The molecule has 1 heterocycles. The lowest BCUT2D eigenvalue weighted by atomic mass is 10.0. The predicted molar refractivity (Wildman–Crippen MR) is 117 cm³/mol. The lowest BCUT2D eigenvalue weighted by Crippen LogP contribution is -2.09. The standard InChI is InChI=1S/C26H23NO/c1-18-14-15-23(16-19(18)2)25-17-24(21-10-6-4-7-11-21)26(27(25)20(3)28)22-12-8-5-9-13-22/h4-17H,1-3H3. The van der Waals surface area contributed by atoms with Crippen LogP contribution in [0.15, 0.2) is 84.9 Å². The number of hydrogen-bond donors (Lipinski definition) is 0. The lowest BCUT2D eigenvalue weighted by molar-refractivity contribution is 0.0940. The summed E-state index contributed by atoms with van der Waals surface area (Å²) in [6.07, 6.45) is 0. The maximum absolute atomic E-state index is 12.8. The van der Waals surface area contributed by atoms with Crippen LogP contribution in [0.2, 0.25) is 0 Å². The van der Waals surface area contributed by atoms with E-state index in [0.29, 0.717) is 0 Å². The largest absolute Gasteiger partial charge is 0.279 e. The molecule has 0 spiro atoms. The third kappa shape index (κ3) is 3.18. The van der Waals surface area contributed by atoms with Gasteiger partial charge in [0.1, 0.15) is 0 Å². The van der Waals surface area contributed by atoms with Gasteiger partial charge in [-0.25, -0.2) is 0 Å². The van der Waals surface area contributed by atoms with Gasteiger partial charge in [-0.1, -0.05) is 72.8 Å². The number of aryl methyl sites for hydroxylation is 2. The molecule has 0 unspecified atom stereocenters. The summed E-state index contributed by atoms with van der Waals surface area (Å²) in [5.74, 6) is 0.00858. The van der Waals surface area contributed by atoms with Gasteiger partial charge in [0.25, 0.3) is 0 Å². The van der Waals surface area contributed by atoms with E-state index >= 15 is 0 Å². The Morgan fingerprint density at radius 2 is 1.29 bits per heavy atom. The highest BCUT2D eigenvalue weighted by molar-refractivity contribution is 5.96. The first kappa shape index (κ1) is 18.0. The van der Waals surface area contributed by atoms with E-state index in [4.69, 9.17) is 0 Å². The van der Waals surface area contributed by atoms with Gasteiger partial charge in [-0.3, -0.25) is 9.36 Å². The Hall–Kier alpha value is -3.39. The number of hydrogen-bond acceptors (Lipinski definition) is 1. The molecule has 28 heavy (non-hydrogen) atoms. The molecule has 0 saturated heterocycles. The zero-order valence-corrected chi connectivity index (χ0v) is 16.4. The molecule has 2 nitrogen and oxygen atoms in total. The maximum atomic E-state index is 12.8. The number of carbonyl (C=O) groups is 1. The number of nitrogens with zero attached hydrogens (tertiary/aromatic N) is 1. The third-order valence-electron chi connectivity index (χ3n) is 5.25. The Labute approximate surface area is 166 Å². The Morgan fingerprint density at radius 3 is 1.86 bits per heavy atom. The molecule has 0 amide bonds. The Kier molecular flexibility index (Phi) is 4.70. The molecule has 0 saturated carbocycles. The minimum atomic E-state index is 0.00858. The average Bonchev–Trinajstić information content (AvgIpc) is 3.12. The lowest BCUT2D eigenvalue weighted by Gasteiger charge is -2.13. The SMILES string of the molecule is CC(=O)n1c(-c2ccc(C)c(C)c2)cc(-c2ccccc2)c1-c1ccccc1. The molecule has 0 aliphatic heterocycles. The van der Waals surface area contributed by atoms with E-state index < -0.39 is 0 Å². The first-order chi connectivity index (χ1) is 13.6. The van der Waals surface area contributed by atoms with Crippen molar-refractivity contribution in [2.24, 2.45) is 0 Å². The van der Waals surface area contributed by atoms with Crippen LogP contribution in [0.5, 0.6) is 0 Å². The first-order valence-corrected chi connectivity index (χ1v) is 9.51. The fraction of sp³-hybridized carbons (Fsp3) is 0.115. The number of aromatic nitrogens is 1. The van der Waals surface area contributed by atoms with E-state index in [1.807, 2.05) is 41.0 Å². The van der Waals surface area contributed by atoms with E-state index in [2.05, 4.69) is 62.4 Å². The molecule has 4 aromatic rings. The van der Waals surface area contributed by atoms with Crippen LogP contribution in [0.3, 0.4) is 0 Å². The van der Waals surface area contributed by atoms with Crippen molar-refractivity contribution in [3.8, 4) is 33.6 Å². The van der Waals surface area contributed by atoms with E-state index in [0.717, 1.165) is 33.6 Å². The summed E-state index contributed by atoms with van der Waals surface area (Å²) < 4.78 is 1.85. The normalized spacial score (nSPS) is 10.8. The van der Waals surface area contributed by atoms with Crippen molar-refractivity contribution in [3.63, 3.8) is 0 Å². The van der Waals surface area contributed by atoms with Gasteiger partial charge in [0.15, 0.2) is 0 Å². The maximum Gasteiger partial charge on any atom is 0.228 e. The van der Waals surface area contributed by atoms with E-state index in [-0.39, 0.29) is 5.91 Å². The van der Waals surface area contributed by atoms with Crippen LogP contribution in [0.4, 0.5) is 0 Å². The quantitative estimate of drug-likeness (QED) is 0.393. The van der Waals surface area contributed by atoms with Gasteiger partial charge in [0, 0.05) is 12.5 Å². The molecular weight excluding hydrogens is 342 g/mol. The van der Waals surface area contributed by atoms with E-state index in [9.17, 15) is 4.79 Å². The summed E-state index contributed by atoms with van der Waals surface area (Å²) in [5.41, 5.74) is 8.58. The van der Waals surface area contributed by atoms with Crippen LogP contribution in [0, 0.1) is 13.8 Å². The fourth-order valence-corrected chi connectivity index (χ4v) is 3.67. The van der Waals surface area contributed by atoms with Crippen LogP contribution < -0.4 is 0 Å². The van der Waals surface area contributed by atoms with Gasteiger partial charge in [0.05, 0.1) is 11.4 Å². The second-order valence-corrected chi connectivity index (χ2v) is 7.18. The molecular formula is C26H23NO. The minimum Gasteiger partial charge on any atom is -0.279 e. The topological polar surface area (TPSA) is 22.0 Å². The van der Waals surface area contributed by atoms with Crippen LogP contribution in [-0.2, 0) is 0 Å². The van der Waals surface area contributed by atoms with Crippen LogP contribution in [-0.4, -0.2) is 10.5 Å². The zero-order chi connectivity index (χ0) is 19.7. The summed E-state index contributed by atoms with van der Waals surface area (Å²) >= 11 is 0. The fourth-order valence-electron chi connectivity index (χ4n) is 3.67. The second-order valence-electron chi connectivity index (χ2n) is 7.18. The van der Waals surface area contributed by atoms with Crippen molar-refractivity contribution in [1.82, 2.24) is 4.57 Å². The second kappa shape index (κ2) is 7.32. The Balaban J connectivity index is 2.06. The van der Waals surface area contributed by atoms with Gasteiger partial charge in [-0.2, -0.15) is 0 Å². The number of benzene rings is 3. The third-order valence-corrected chi connectivity index (χ3v) is 5.25.